The Kier molecular flexibility index (Phi) is 6.45. The van der Waals surface area contributed by atoms with E-state index in [2.05, 4.69) is 36.9 Å². The fourth-order valence-electron chi connectivity index (χ4n) is 2.48. The van der Waals surface area contributed by atoms with Gasteiger partial charge in [0, 0.05) is 24.2 Å². The largest absolute Gasteiger partial charge is 0.493 e. The van der Waals surface area contributed by atoms with Crippen LogP contribution in [-0.2, 0) is 4.79 Å². The fourth-order valence-corrected chi connectivity index (χ4v) is 3.15. The lowest BCUT2D eigenvalue weighted by Crippen LogP contribution is -2.34. The molecule has 1 heterocycles. The minimum Gasteiger partial charge on any atom is -0.493 e. The molecule has 0 saturated carbocycles. The molecule has 0 aliphatic carbocycles. The van der Waals surface area contributed by atoms with Crippen molar-refractivity contribution in [2.75, 3.05) is 17.2 Å². The normalized spacial score (nSPS) is 10.4. The molecule has 0 radical (unpaired) electrons. The standard InChI is InChI=1S/C19H17BrN4O4S/c1-3-27-15-7-4-11(8-13(15)20)17(26)23-19(29)24-18-22-14-6-5-12(21-10(2)25)9-16(14)28-18/h4-9H,3H2,1-2H3,(H,21,25)(H2,22,23,24,26,29). The molecule has 0 unspecified atom stereocenters. The number of carbonyl (C=O) groups excluding carboxylic acids is 2. The quantitative estimate of drug-likeness (QED) is 0.476. The van der Waals surface area contributed by atoms with Gasteiger partial charge in [0.15, 0.2) is 10.7 Å². The first-order valence-corrected chi connectivity index (χ1v) is 9.78. The minimum absolute atomic E-state index is 0.0358. The van der Waals surface area contributed by atoms with Gasteiger partial charge < -0.3 is 14.5 Å². The average Bonchev–Trinajstić information content (AvgIpc) is 3.04. The van der Waals surface area contributed by atoms with Crippen molar-refractivity contribution in [3.05, 3.63) is 46.4 Å². The Morgan fingerprint density at radius 2 is 2.00 bits per heavy atom. The number of amides is 2. The summed E-state index contributed by atoms with van der Waals surface area (Å²) in [5, 5.41) is 8.01. The van der Waals surface area contributed by atoms with Crippen LogP contribution in [0.1, 0.15) is 24.2 Å². The monoisotopic (exact) mass is 476 g/mol. The molecule has 3 N–H and O–H groups in total. The van der Waals surface area contributed by atoms with Crippen LogP contribution in [0.4, 0.5) is 11.7 Å². The molecule has 0 bridgehead atoms. The minimum atomic E-state index is -0.393. The van der Waals surface area contributed by atoms with Crippen LogP contribution in [0.3, 0.4) is 0 Å². The van der Waals surface area contributed by atoms with Crippen molar-refractivity contribution in [1.29, 1.82) is 0 Å². The van der Waals surface area contributed by atoms with Gasteiger partial charge in [-0.25, -0.2) is 0 Å². The summed E-state index contributed by atoms with van der Waals surface area (Å²) in [6.45, 7) is 3.82. The number of benzene rings is 2. The first kappa shape index (κ1) is 20.7. The van der Waals surface area contributed by atoms with Crippen LogP contribution < -0.4 is 20.7 Å². The van der Waals surface area contributed by atoms with Gasteiger partial charge in [0.05, 0.1) is 11.1 Å². The van der Waals surface area contributed by atoms with Gasteiger partial charge in [0.1, 0.15) is 11.3 Å². The molecule has 1 aromatic heterocycles. The second-order valence-electron chi connectivity index (χ2n) is 5.87. The second-order valence-corrected chi connectivity index (χ2v) is 7.13. The molecule has 2 amide bonds. The molecule has 8 nitrogen and oxygen atoms in total. The summed E-state index contributed by atoms with van der Waals surface area (Å²) in [5.74, 6) is 0.0668. The summed E-state index contributed by atoms with van der Waals surface area (Å²) >= 11 is 8.54. The fraction of sp³-hybridized carbons (Fsp3) is 0.158. The summed E-state index contributed by atoms with van der Waals surface area (Å²) in [5.41, 5.74) is 2.03. The average molecular weight is 477 g/mol. The van der Waals surface area contributed by atoms with Crippen LogP contribution in [0, 0.1) is 0 Å². The summed E-state index contributed by atoms with van der Waals surface area (Å²) in [7, 11) is 0. The van der Waals surface area contributed by atoms with Gasteiger partial charge in [-0.15, -0.1) is 0 Å². The summed E-state index contributed by atoms with van der Waals surface area (Å²) in [6, 6.07) is 10.2. The number of thiocarbonyl (C=S) groups is 1. The van der Waals surface area contributed by atoms with Crippen LogP contribution >= 0.6 is 28.1 Å². The number of halogens is 1. The van der Waals surface area contributed by atoms with Gasteiger partial charge in [-0.3, -0.25) is 20.2 Å². The highest BCUT2D eigenvalue weighted by atomic mass is 79.9. The Balaban J connectivity index is 1.66. The van der Waals surface area contributed by atoms with Crippen LogP contribution in [-0.4, -0.2) is 28.5 Å². The molecule has 0 aliphatic rings. The lowest BCUT2D eigenvalue weighted by Gasteiger charge is -2.09. The Morgan fingerprint density at radius 3 is 2.69 bits per heavy atom. The van der Waals surface area contributed by atoms with E-state index in [9.17, 15) is 9.59 Å². The molecular weight excluding hydrogens is 460 g/mol. The van der Waals surface area contributed by atoms with Crippen molar-refractivity contribution in [3.8, 4) is 5.75 Å². The number of anilines is 2. The number of ether oxygens (including phenoxy) is 1. The van der Waals surface area contributed by atoms with Crippen LogP contribution in [0.5, 0.6) is 5.75 Å². The molecule has 0 atom stereocenters. The molecule has 0 saturated heterocycles. The molecule has 2 aromatic carbocycles. The smallest absolute Gasteiger partial charge is 0.302 e. The number of carbonyl (C=O) groups is 2. The molecule has 10 heteroatoms. The second kappa shape index (κ2) is 9.01. The van der Waals surface area contributed by atoms with Crippen LogP contribution in [0.15, 0.2) is 45.3 Å². The zero-order valence-corrected chi connectivity index (χ0v) is 17.9. The number of hydrogen-bond donors (Lipinski definition) is 3. The highest BCUT2D eigenvalue weighted by Crippen LogP contribution is 2.26. The van der Waals surface area contributed by atoms with Gasteiger partial charge in [-0.1, -0.05) is 0 Å². The number of oxazole rings is 1. The SMILES string of the molecule is CCOc1ccc(C(=O)NC(=S)Nc2nc3ccc(NC(C)=O)cc3o2)cc1Br. The maximum absolute atomic E-state index is 12.4. The van der Waals surface area contributed by atoms with Gasteiger partial charge >= 0.3 is 6.01 Å². The zero-order chi connectivity index (χ0) is 21.0. The Hall–Kier alpha value is -2.98. The molecule has 3 aromatic rings. The van der Waals surface area contributed by atoms with Crippen LogP contribution in [0.2, 0.25) is 0 Å². The molecule has 0 spiro atoms. The number of rotatable bonds is 5. The third-order valence-electron chi connectivity index (χ3n) is 3.65. The maximum Gasteiger partial charge on any atom is 0.302 e. The van der Waals surface area contributed by atoms with E-state index in [0.717, 1.165) is 0 Å². The van der Waals surface area contributed by atoms with Crippen molar-refractivity contribution >= 4 is 67.9 Å². The number of aromatic nitrogens is 1. The lowest BCUT2D eigenvalue weighted by atomic mass is 10.2. The summed E-state index contributed by atoms with van der Waals surface area (Å²) < 4.78 is 11.7. The molecular formula is C19H17BrN4O4S. The lowest BCUT2D eigenvalue weighted by molar-refractivity contribution is -0.114. The maximum atomic E-state index is 12.4. The van der Waals surface area contributed by atoms with Gasteiger partial charge in [0.25, 0.3) is 5.91 Å². The highest BCUT2D eigenvalue weighted by Gasteiger charge is 2.13. The van der Waals surface area contributed by atoms with Crippen molar-refractivity contribution in [3.63, 3.8) is 0 Å². The van der Waals surface area contributed by atoms with E-state index in [-0.39, 0.29) is 17.0 Å². The number of fused-ring (bicyclic) bond motifs is 1. The first-order chi connectivity index (χ1) is 13.9. The van der Waals surface area contributed by atoms with Gasteiger partial charge in [-0.2, -0.15) is 4.98 Å². The van der Waals surface area contributed by atoms with Gasteiger partial charge in [-0.05, 0) is 65.4 Å². The molecule has 29 heavy (non-hydrogen) atoms. The number of nitrogens with zero attached hydrogens (tertiary/aromatic N) is 1. The third kappa shape index (κ3) is 5.30. The van der Waals surface area contributed by atoms with E-state index in [0.29, 0.717) is 39.2 Å². The van der Waals surface area contributed by atoms with E-state index in [1.54, 1.807) is 36.4 Å². The Morgan fingerprint density at radius 1 is 1.21 bits per heavy atom. The molecule has 3 rings (SSSR count). The Labute approximate surface area is 180 Å². The van der Waals surface area contributed by atoms with E-state index in [1.165, 1.54) is 6.92 Å². The molecule has 0 fully saturated rings. The van der Waals surface area contributed by atoms with Gasteiger partial charge in [0.2, 0.25) is 5.91 Å². The van der Waals surface area contributed by atoms with Crippen molar-refractivity contribution < 1.29 is 18.7 Å². The van der Waals surface area contributed by atoms with E-state index in [4.69, 9.17) is 21.4 Å². The molecule has 0 aliphatic heterocycles. The predicted molar refractivity (Wildman–Crippen MR) is 117 cm³/mol. The predicted octanol–water partition coefficient (Wildman–Crippen LogP) is 4.07. The number of nitrogens with one attached hydrogen (secondary N) is 3. The van der Waals surface area contributed by atoms with E-state index >= 15 is 0 Å². The van der Waals surface area contributed by atoms with Crippen molar-refractivity contribution in [2.45, 2.75) is 13.8 Å². The topological polar surface area (TPSA) is 105 Å². The van der Waals surface area contributed by atoms with E-state index < -0.39 is 5.91 Å². The van der Waals surface area contributed by atoms with Crippen molar-refractivity contribution in [1.82, 2.24) is 10.3 Å². The zero-order valence-electron chi connectivity index (χ0n) is 15.5. The summed E-state index contributed by atoms with van der Waals surface area (Å²) in [6.07, 6.45) is 0. The summed E-state index contributed by atoms with van der Waals surface area (Å²) in [4.78, 5) is 27.8. The third-order valence-corrected chi connectivity index (χ3v) is 4.47. The Bertz CT molecular complexity index is 1100. The number of hydrogen-bond acceptors (Lipinski definition) is 6. The van der Waals surface area contributed by atoms with Crippen molar-refractivity contribution in [2.24, 2.45) is 0 Å². The van der Waals surface area contributed by atoms with E-state index in [1.807, 2.05) is 6.92 Å². The van der Waals surface area contributed by atoms with Crippen LogP contribution in [0.25, 0.3) is 11.1 Å². The first-order valence-electron chi connectivity index (χ1n) is 8.58. The molecule has 150 valence electrons. The highest BCUT2D eigenvalue weighted by molar-refractivity contribution is 9.10.